The third kappa shape index (κ3) is 3.99. The molecule has 0 bridgehead atoms. The Balaban J connectivity index is 1.85. The van der Waals surface area contributed by atoms with Crippen molar-refractivity contribution in [2.45, 2.75) is 45.3 Å². The molecule has 0 saturated carbocycles. The van der Waals surface area contributed by atoms with Crippen molar-refractivity contribution in [3.8, 4) is 0 Å². The van der Waals surface area contributed by atoms with Crippen molar-refractivity contribution >= 4 is 17.3 Å². The first-order chi connectivity index (χ1) is 11.8. The van der Waals surface area contributed by atoms with E-state index in [0.717, 1.165) is 19.4 Å². The fourth-order valence-corrected chi connectivity index (χ4v) is 2.86. The molecule has 2 amide bonds. The highest BCUT2D eigenvalue weighted by atomic mass is 16.5. The van der Waals surface area contributed by atoms with Crippen molar-refractivity contribution in [3.63, 3.8) is 0 Å². The number of pyridine rings is 1. The lowest BCUT2D eigenvalue weighted by atomic mass is 10.1. The van der Waals surface area contributed by atoms with Crippen LogP contribution in [-0.2, 0) is 4.74 Å². The highest BCUT2D eigenvalue weighted by Crippen LogP contribution is 2.15. The first kappa shape index (κ1) is 17.4. The predicted octanol–water partition coefficient (Wildman–Crippen LogP) is 1.77. The first-order valence-corrected chi connectivity index (χ1v) is 8.54. The minimum absolute atomic E-state index is 0.0545. The van der Waals surface area contributed by atoms with Crippen LogP contribution in [0.4, 0.5) is 0 Å². The number of fused-ring (bicyclic) bond motifs is 1. The van der Waals surface area contributed by atoms with Crippen LogP contribution in [0.25, 0.3) is 5.52 Å². The summed E-state index contributed by atoms with van der Waals surface area (Å²) in [4.78, 5) is 29.4. The van der Waals surface area contributed by atoms with Gasteiger partial charge in [-0.1, -0.05) is 6.07 Å². The molecule has 134 valence electrons. The van der Waals surface area contributed by atoms with Gasteiger partial charge in [0.05, 0.1) is 11.6 Å². The van der Waals surface area contributed by atoms with E-state index < -0.39 is 0 Å². The Hall–Kier alpha value is -2.41. The van der Waals surface area contributed by atoms with Gasteiger partial charge in [-0.05, 0) is 45.7 Å². The quantitative estimate of drug-likeness (QED) is 0.885. The van der Waals surface area contributed by atoms with E-state index in [4.69, 9.17) is 4.74 Å². The molecule has 1 unspecified atom stereocenters. The summed E-state index contributed by atoms with van der Waals surface area (Å²) in [5.74, 6) is -0.409. The van der Waals surface area contributed by atoms with E-state index in [9.17, 15) is 9.59 Å². The van der Waals surface area contributed by atoms with Gasteiger partial charge in [-0.25, -0.2) is 4.98 Å². The molecule has 2 aromatic rings. The summed E-state index contributed by atoms with van der Waals surface area (Å²) in [5.41, 5.74) is 0.466. The smallest absolute Gasteiger partial charge is 0.287 e. The highest BCUT2D eigenvalue weighted by molar-refractivity contribution is 6.02. The molecule has 7 nitrogen and oxygen atoms in total. The number of hydrogen-bond donors (Lipinski definition) is 2. The first-order valence-electron chi connectivity index (χ1n) is 8.54. The van der Waals surface area contributed by atoms with E-state index in [1.807, 2.05) is 26.8 Å². The molecule has 3 heterocycles. The number of ether oxygens (including phenoxy) is 1. The van der Waals surface area contributed by atoms with Crippen molar-refractivity contribution in [2.24, 2.45) is 0 Å². The van der Waals surface area contributed by atoms with Gasteiger partial charge in [0, 0.05) is 24.9 Å². The summed E-state index contributed by atoms with van der Waals surface area (Å²) in [6, 6.07) is 5.40. The second kappa shape index (κ2) is 6.84. The third-order valence-electron chi connectivity index (χ3n) is 3.97. The van der Waals surface area contributed by atoms with Crippen LogP contribution >= 0.6 is 0 Å². The number of nitrogens with zero attached hydrogens (tertiary/aromatic N) is 2. The average molecular weight is 344 g/mol. The Labute approximate surface area is 146 Å². The van der Waals surface area contributed by atoms with E-state index >= 15 is 0 Å². The Morgan fingerprint density at radius 1 is 1.32 bits per heavy atom. The van der Waals surface area contributed by atoms with E-state index in [0.29, 0.717) is 12.1 Å². The van der Waals surface area contributed by atoms with Crippen LogP contribution in [0.15, 0.2) is 24.4 Å². The van der Waals surface area contributed by atoms with Gasteiger partial charge in [-0.15, -0.1) is 0 Å². The Bertz CT molecular complexity index is 785. The summed E-state index contributed by atoms with van der Waals surface area (Å²) in [6.07, 6.45) is 3.75. The van der Waals surface area contributed by atoms with Crippen LogP contribution in [0.5, 0.6) is 0 Å². The maximum absolute atomic E-state index is 12.6. The van der Waals surface area contributed by atoms with Gasteiger partial charge in [0.2, 0.25) is 5.82 Å². The fraction of sp³-hybridized carbons (Fsp3) is 0.500. The van der Waals surface area contributed by atoms with Crippen molar-refractivity contribution < 1.29 is 14.3 Å². The molecule has 0 aliphatic carbocycles. The van der Waals surface area contributed by atoms with E-state index in [1.165, 1.54) is 0 Å². The van der Waals surface area contributed by atoms with Gasteiger partial charge in [0.1, 0.15) is 0 Å². The molecule has 1 aliphatic rings. The number of amides is 2. The number of rotatable bonds is 4. The Morgan fingerprint density at radius 2 is 2.12 bits per heavy atom. The molecule has 1 aliphatic heterocycles. The van der Waals surface area contributed by atoms with E-state index in [1.54, 1.807) is 22.7 Å². The lowest BCUT2D eigenvalue weighted by Crippen LogP contribution is -2.40. The lowest BCUT2D eigenvalue weighted by molar-refractivity contribution is 0.0848. The largest absolute Gasteiger partial charge is 0.376 e. The Morgan fingerprint density at radius 3 is 2.80 bits per heavy atom. The summed E-state index contributed by atoms with van der Waals surface area (Å²) >= 11 is 0. The van der Waals surface area contributed by atoms with Gasteiger partial charge >= 0.3 is 0 Å². The zero-order chi connectivity index (χ0) is 18.0. The minimum Gasteiger partial charge on any atom is -0.376 e. The molecule has 1 fully saturated rings. The average Bonchev–Trinajstić information content (AvgIpc) is 3.18. The maximum Gasteiger partial charge on any atom is 0.287 e. The second-order valence-electron chi connectivity index (χ2n) is 7.29. The molecule has 25 heavy (non-hydrogen) atoms. The van der Waals surface area contributed by atoms with Crippen LogP contribution in [-0.4, -0.2) is 46.0 Å². The molecule has 3 rings (SSSR count). The van der Waals surface area contributed by atoms with Crippen LogP contribution in [0.3, 0.4) is 0 Å². The molecular formula is C18H24N4O3. The van der Waals surface area contributed by atoms with Crippen LogP contribution in [0, 0.1) is 0 Å². The summed E-state index contributed by atoms with van der Waals surface area (Å²) < 4.78 is 7.16. The zero-order valence-corrected chi connectivity index (χ0v) is 14.8. The molecule has 1 atom stereocenters. The van der Waals surface area contributed by atoms with Crippen molar-refractivity contribution in [2.75, 3.05) is 13.2 Å². The predicted molar refractivity (Wildman–Crippen MR) is 93.7 cm³/mol. The molecule has 7 heteroatoms. The third-order valence-corrected chi connectivity index (χ3v) is 3.97. The fourth-order valence-electron chi connectivity index (χ4n) is 2.86. The number of nitrogens with one attached hydrogen (secondary N) is 2. The molecule has 1 saturated heterocycles. The van der Waals surface area contributed by atoms with Crippen molar-refractivity contribution in [3.05, 3.63) is 35.9 Å². The number of aromatic nitrogens is 2. The van der Waals surface area contributed by atoms with Gasteiger partial charge < -0.3 is 15.4 Å². The minimum atomic E-state index is -0.385. The van der Waals surface area contributed by atoms with Crippen molar-refractivity contribution in [1.29, 1.82) is 0 Å². The molecular weight excluding hydrogens is 320 g/mol. The number of carbonyl (C=O) groups is 2. The summed E-state index contributed by atoms with van der Waals surface area (Å²) in [6.45, 7) is 6.89. The van der Waals surface area contributed by atoms with E-state index in [-0.39, 0.29) is 35.0 Å². The molecule has 2 N–H and O–H groups in total. The van der Waals surface area contributed by atoms with Gasteiger partial charge in [0.15, 0.2) is 5.69 Å². The lowest BCUT2D eigenvalue weighted by Gasteiger charge is -2.19. The highest BCUT2D eigenvalue weighted by Gasteiger charge is 2.25. The molecule has 0 aromatic carbocycles. The van der Waals surface area contributed by atoms with Gasteiger partial charge in [-0.3, -0.25) is 14.0 Å². The molecule has 2 aromatic heterocycles. The monoisotopic (exact) mass is 344 g/mol. The van der Waals surface area contributed by atoms with Gasteiger partial charge in [-0.2, -0.15) is 0 Å². The SMILES string of the molecule is CC(C)(C)NC(=O)c1nc(C(=O)NCC2CCCO2)n2ccccc12. The summed E-state index contributed by atoms with van der Waals surface area (Å²) in [5, 5.41) is 5.74. The van der Waals surface area contributed by atoms with E-state index in [2.05, 4.69) is 15.6 Å². The normalized spacial score (nSPS) is 17.6. The van der Waals surface area contributed by atoms with Crippen molar-refractivity contribution in [1.82, 2.24) is 20.0 Å². The summed E-state index contributed by atoms with van der Waals surface area (Å²) in [7, 11) is 0. The zero-order valence-electron chi connectivity index (χ0n) is 14.8. The maximum atomic E-state index is 12.6. The van der Waals surface area contributed by atoms with Crippen LogP contribution in [0.2, 0.25) is 0 Å². The Kier molecular flexibility index (Phi) is 4.76. The number of carbonyl (C=O) groups excluding carboxylic acids is 2. The number of hydrogen-bond acceptors (Lipinski definition) is 4. The topological polar surface area (TPSA) is 84.7 Å². The second-order valence-corrected chi connectivity index (χ2v) is 7.29. The van der Waals surface area contributed by atoms with Crippen LogP contribution in [0.1, 0.15) is 54.7 Å². The number of imidazole rings is 1. The van der Waals surface area contributed by atoms with Crippen LogP contribution < -0.4 is 10.6 Å². The van der Waals surface area contributed by atoms with Gasteiger partial charge in [0.25, 0.3) is 11.8 Å². The molecule has 0 spiro atoms. The standard InChI is InChI=1S/C18H24N4O3/c1-18(2,3)21-16(23)14-13-8-4-5-9-22(13)15(20-14)17(24)19-11-12-7-6-10-25-12/h4-5,8-9,12H,6-7,10-11H2,1-3H3,(H,19,24)(H,21,23). The molecule has 0 radical (unpaired) electrons.